The van der Waals surface area contributed by atoms with Crippen molar-refractivity contribution in [1.82, 2.24) is 0 Å². The lowest BCUT2D eigenvalue weighted by Crippen LogP contribution is -2.00. The molecule has 0 saturated carbocycles. The molecule has 0 aromatic heterocycles. The van der Waals surface area contributed by atoms with E-state index in [0.717, 1.165) is 0 Å². The van der Waals surface area contributed by atoms with Gasteiger partial charge < -0.3 is 4.65 Å². The van der Waals surface area contributed by atoms with E-state index in [4.69, 9.17) is 0 Å². The Hall–Kier alpha value is -0.475. The van der Waals surface area contributed by atoms with E-state index in [0.29, 0.717) is 6.61 Å². The van der Waals surface area contributed by atoms with Gasteiger partial charge in [0.15, 0.2) is 0 Å². The van der Waals surface area contributed by atoms with Gasteiger partial charge in [-0.15, -0.1) is 0 Å². The average Bonchev–Trinajstić information content (AvgIpc) is 1.81. The Bertz CT molecular complexity index is 57.2. The fraction of sp³-hybridized carbons (Fsp3) is 0.500. The molecule has 0 unspecified atom stereocenters. The summed E-state index contributed by atoms with van der Waals surface area (Å²) < 4.78 is 4.55. The van der Waals surface area contributed by atoms with Crippen molar-refractivity contribution in [3.63, 3.8) is 0 Å². The van der Waals surface area contributed by atoms with Gasteiger partial charge in [0.1, 0.15) is 0 Å². The minimum Gasteiger partial charge on any atom is -0.544 e. The van der Waals surface area contributed by atoms with E-state index in [1.54, 1.807) is 0 Å². The highest BCUT2D eigenvalue weighted by atomic mass is 17.2. The zero-order chi connectivity index (χ0) is 6.24. The van der Waals surface area contributed by atoms with Crippen LogP contribution in [-0.2, 0) is 14.3 Å². The molecule has 0 aromatic rings. The molecule has 0 aromatic carbocycles. The van der Waals surface area contributed by atoms with Crippen molar-refractivity contribution in [2.24, 2.45) is 0 Å². The molecule has 0 spiro atoms. The maximum Gasteiger partial charge on any atom is 0.537 e. The van der Waals surface area contributed by atoms with Gasteiger partial charge in [-0.3, -0.25) is 4.81 Å². The molecule has 0 radical (unpaired) electrons. The molecular weight excluding hydrogens is 107 g/mol. The Morgan fingerprint density at radius 1 is 1.75 bits per heavy atom. The standard InChI is InChI=1S/C4H9BO3/c1-3-6-5-8-7-4-2/h3,5H,1,4H2,2H3. The van der Waals surface area contributed by atoms with Gasteiger partial charge in [-0.05, 0) is 6.92 Å². The Morgan fingerprint density at radius 3 is 3.00 bits per heavy atom. The summed E-state index contributed by atoms with van der Waals surface area (Å²) in [4.78, 5) is 8.89. The van der Waals surface area contributed by atoms with Crippen LogP contribution < -0.4 is 0 Å². The highest BCUT2D eigenvalue weighted by molar-refractivity contribution is 6.17. The fourth-order valence-corrected chi connectivity index (χ4v) is 0.193. The monoisotopic (exact) mass is 116 g/mol. The first-order valence-electron chi connectivity index (χ1n) is 2.38. The summed E-state index contributed by atoms with van der Waals surface area (Å²) in [6, 6.07) is 0. The van der Waals surface area contributed by atoms with Crippen LogP contribution in [0.15, 0.2) is 12.8 Å². The number of rotatable bonds is 5. The lowest BCUT2D eigenvalue weighted by atomic mass is 10.4. The van der Waals surface area contributed by atoms with Crippen molar-refractivity contribution >= 4 is 7.69 Å². The molecule has 0 bridgehead atoms. The lowest BCUT2D eigenvalue weighted by molar-refractivity contribution is -0.212. The first-order chi connectivity index (χ1) is 3.91. The van der Waals surface area contributed by atoms with Crippen molar-refractivity contribution in [1.29, 1.82) is 0 Å². The zero-order valence-electron chi connectivity index (χ0n) is 4.92. The van der Waals surface area contributed by atoms with E-state index in [2.05, 4.69) is 20.9 Å². The molecule has 0 fully saturated rings. The quantitative estimate of drug-likeness (QED) is 0.171. The SMILES string of the molecule is C=COBOOCC. The molecule has 0 atom stereocenters. The van der Waals surface area contributed by atoms with E-state index < -0.39 is 0 Å². The third kappa shape index (κ3) is 5.52. The molecule has 46 valence electrons. The Labute approximate surface area is 49.5 Å². The lowest BCUT2D eigenvalue weighted by Gasteiger charge is -1.96. The van der Waals surface area contributed by atoms with Crippen LogP contribution in [0.1, 0.15) is 6.92 Å². The van der Waals surface area contributed by atoms with E-state index >= 15 is 0 Å². The van der Waals surface area contributed by atoms with Crippen molar-refractivity contribution < 1.29 is 14.3 Å². The van der Waals surface area contributed by atoms with Crippen LogP contribution in [-0.4, -0.2) is 14.3 Å². The van der Waals surface area contributed by atoms with Crippen LogP contribution in [0.5, 0.6) is 0 Å². The molecule has 3 nitrogen and oxygen atoms in total. The van der Waals surface area contributed by atoms with Gasteiger partial charge in [0.2, 0.25) is 0 Å². The fourth-order valence-electron chi connectivity index (χ4n) is 0.193. The molecule has 0 amide bonds. The van der Waals surface area contributed by atoms with Crippen molar-refractivity contribution in [3.05, 3.63) is 12.8 Å². The largest absolute Gasteiger partial charge is 0.544 e. The summed E-state index contributed by atoms with van der Waals surface area (Å²) in [5.74, 6) is 0. The summed E-state index contributed by atoms with van der Waals surface area (Å²) in [6.45, 7) is 5.66. The molecule has 0 N–H and O–H groups in total. The maximum atomic E-state index is 4.55. The van der Waals surface area contributed by atoms with Crippen LogP contribution in [0.3, 0.4) is 0 Å². The van der Waals surface area contributed by atoms with Gasteiger partial charge >= 0.3 is 7.69 Å². The topological polar surface area (TPSA) is 27.7 Å². The minimum absolute atomic E-state index is 0.108. The second-order valence-electron chi connectivity index (χ2n) is 0.976. The second-order valence-corrected chi connectivity index (χ2v) is 0.976. The third-order valence-electron chi connectivity index (χ3n) is 0.435. The van der Waals surface area contributed by atoms with E-state index in [9.17, 15) is 0 Å². The molecule has 0 aliphatic heterocycles. The molecular formula is C4H9BO3. The first-order valence-corrected chi connectivity index (χ1v) is 2.38. The molecule has 4 heteroatoms. The van der Waals surface area contributed by atoms with Gasteiger partial charge in [0.05, 0.1) is 12.9 Å². The van der Waals surface area contributed by atoms with Crippen molar-refractivity contribution in [2.45, 2.75) is 6.92 Å². The van der Waals surface area contributed by atoms with Crippen LogP contribution in [0.2, 0.25) is 0 Å². The zero-order valence-corrected chi connectivity index (χ0v) is 4.92. The van der Waals surface area contributed by atoms with Gasteiger partial charge in [-0.1, -0.05) is 6.58 Å². The van der Waals surface area contributed by atoms with E-state index in [1.165, 1.54) is 6.26 Å². The summed E-state index contributed by atoms with van der Waals surface area (Å²) in [5.41, 5.74) is 0. The second kappa shape index (κ2) is 6.52. The maximum absolute atomic E-state index is 4.55. The Morgan fingerprint density at radius 2 is 2.50 bits per heavy atom. The predicted molar refractivity (Wildman–Crippen MR) is 31.1 cm³/mol. The van der Waals surface area contributed by atoms with Crippen LogP contribution in [0.4, 0.5) is 0 Å². The van der Waals surface area contributed by atoms with Crippen LogP contribution >= 0.6 is 0 Å². The van der Waals surface area contributed by atoms with Gasteiger partial charge in [-0.25, -0.2) is 4.89 Å². The molecule has 0 aliphatic carbocycles. The molecule has 0 rings (SSSR count). The third-order valence-corrected chi connectivity index (χ3v) is 0.435. The molecule has 0 aliphatic rings. The van der Waals surface area contributed by atoms with Gasteiger partial charge in [-0.2, -0.15) is 0 Å². The van der Waals surface area contributed by atoms with Crippen LogP contribution in [0.25, 0.3) is 0 Å². The minimum atomic E-state index is 0.108. The summed E-state index contributed by atoms with van der Waals surface area (Å²) in [5, 5.41) is 0. The summed E-state index contributed by atoms with van der Waals surface area (Å²) >= 11 is 0. The van der Waals surface area contributed by atoms with Gasteiger partial charge in [0.25, 0.3) is 0 Å². The van der Waals surface area contributed by atoms with E-state index in [1.807, 2.05) is 6.92 Å². The Kier molecular flexibility index (Phi) is 6.14. The Balaban J connectivity index is 2.62. The van der Waals surface area contributed by atoms with Crippen molar-refractivity contribution in [2.75, 3.05) is 6.61 Å². The molecule has 0 saturated heterocycles. The predicted octanol–water partition coefficient (Wildman–Crippen LogP) is 0.381. The van der Waals surface area contributed by atoms with Crippen LogP contribution in [0, 0.1) is 0 Å². The normalized spacial score (nSPS) is 8.12. The number of hydrogen-bond acceptors (Lipinski definition) is 3. The highest BCUT2D eigenvalue weighted by Gasteiger charge is 1.86. The smallest absolute Gasteiger partial charge is 0.537 e. The molecule has 0 heterocycles. The summed E-state index contributed by atoms with van der Waals surface area (Å²) in [7, 11) is 0.108. The molecule has 8 heavy (non-hydrogen) atoms. The van der Waals surface area contributed by atoms with Crippen molar-refractivity contribution in [3.8, 4) is 0 Å². The first kappa shape index (κ1) is 7.52. The van der Waals surface area contributed by atoms with E-state index in [-0.39, 0.29) is 7.69 Å². The highest BCUT2D eigenvalue weighted by Crippen LogP contribution is 1.75. The average molecular weight is 116 g/mol. The van der Waals surface area contributed by atoms with Gasteiger partial charge in [0, 0.05) is 0 Å². The number of hydrogen-bond donors (Lipinski definition) is 0. The summed E-state index contributed by atoms with van der Waals surface area (Å²) in [6.07, 6.45) is 1.29.